The number of carbonyl (C=O) groups excluding carboxylic acids is 1. The van der Waals surface area contributed by atoms with Crippen molar-refractivity contribution in [2.24, 2.45) is 17.8 Å². The minimum absolute atomic E-state index is 0.000384. The molecule has 0 aromatic heterocycles. The van der Waals surface area contributed by atoms with Gasteiger partial charge in [0.2, 0.25) is 0 Å². The van der Waals surface area contributed by atoms with Crippen molar-refractivity contribution in [3.8, 4) is 17.2 Å². The average molecular weight is 666 g/mol. The third-order valence-electron chi connectivity index (χ3n) is 9.08. The SMILES string of the molecule is COc1ccc(CO[C@@H]2/C(C)=C\[C@@H](C)[C@H](OC)[C@H](OC)C[C@H](C)[C@@H](OC)c3cc(OC)cc(c3OC)NC(=O)/C(C)=C\C=C/[C@H]2C)cc1. The number of hydrogen-bond donors (Lipinski definition) is 1. The third kappa shape index (κ3) is 9.95. The first-order valence-electron chi connectivity index (χ1n) is 16.4. The third-order valence-corrected chi connectivity index (χ3v) is 9.08. The van der Waals surface area contributed by atoms with Crippen LogP contribution in [-0.4, -0.2) is 66.9 Å². The largest absolute Gasteiger partial charge is 0.497 e. The molecular formula is C39H55NO8. The second-order valence-electron chi connectivity index (χ2n) is 12.5. The number of nitrogens with one attached hydrogen (secondary N) is 1. The van der Waals surface area contributed by atoms with Crippen molar-refractivity contribution in [1.82, 2.24) is 0 Å². The van der Waals surface area contributed by atoms with Crippen molar-refractivity contribution in [2.45, 2.75) is 72.1 Å². The molecule has 48 heavy (non-hydrogen) atoms. The van der Waals surface area contributed by atoms with E-state index >= 15 is 0 Å². The molecule has 9 heteroatoms. The fourth-order valence-corrected chi connectivity index (χ4v) is 6.48. The van der Waals surface area contributed by atoms with E-state index in [9.17, 15) is 4.79 Å². The number of carbonyl (C=O) groups is 1. The van der Waals surface area contributed by atoms with Gasteiger partial charge in [-0.2, -0.15) is 0 Å². The van der Waals surface area contributed by atoms with Crippen molar-refractivity contribution >= 4 is 11.6 Å². The molecule has 1 heterocycles. The molecule has 0 fully saturated rings. The summed E-state index contributed by atoms with van der Waals surface area (Å²) in [6, 6.07) is 11.5. The van der Waals surface area contributed by atoms with E-state index in [0.29, 0.717) is 35.8 Å². The monoisotopic (exact) mass is 665 g/mol. The Kier molecular flexibility index (Phi) is 15.2. The van der Waals surface area contributed by atoms with E-state index in [1.807, 2.05) is 36.4 Å². The van der Waals surface area contributed by atoms with E-state index in [4.69, 9.17) is 33.2 Å². The van der Waals surface area contributed by atoms with Crippen molar-refractivity contribution in [3.05, 3.63) is 83.0 Å². The number of benzene rings is 2. The maximum atomic E-state index is 13.4. The number of rotatable bonds is 9. The normalized spacial score (nSPS) is 28.7. The number of hydrogen-bond acceptors (Lipinski definition) is 8. The lowest BCUT2D eigenvalue weighted by Gasteiger charge is -2.34. The molecule has 0 aliphatic carbocycles. The summed E-state index contributed by atoms with van der Waals surface area (Å²) in [5, 5.41) is 3.03. The van der Waals surface area contributed by atoms with Crippen LogP contribution >= 0.6 is 0 Å². The molecule has 2 bridgehead atoms. The molecule has 1 aliphatic rings. The Bertz CT molecular complexity index is 1420. The van der Waals surface area contributed by atoms with E-state index in [2.05, 4.69) is 45.2 Å². The van der Waals surface area contributed by atoms with Gasteiger partial charge in [-0.25, -0.2) is 0 Å². The summed E-state index contributed by atoms with van der Waals surface area (Å²) >= 11 is 0. The van der Waals surface area contributed by atoms with Gasteiger partial charge in [-0.1, -0.05) is 57.2 Å². The fourth-order valence-electron chi connectivity index (χ4n) is 6.48. The molecular weight excluding hydrogens is 610 g/mol. The maximum Gasteiger partial charge on any atom is 0.251 e. The molecule has 1 aliphatic heterocycles. The highest BCUT2D eigenvalue weighted by Crippen LogP contribution is 2.42. The summed E-state index contributed by atoms with van der Waals surface area (Å²) in [4.78, 5) is 13.4. The smallest absolute Gasteiger partial charge is 0.251 e. The Balaban J connectivity index is 2.10. The summed E-state index contributed by atoms with van der Waals surface area (Å²) in [6.45, 7) is 10.7. The molecule has 2 aromatic rings. The highest BCUT2D eigenvalue weighted by atomic mass is 16.5. The average Bonchev–Trinajstić information content (AvgIpc) is 3.08. The molecule has 1 N–H and O–H groups in total. The van der Waals surface area contributed by atoms with Crippen molar-refractivity contribution in [3.63, 3.8) is 0 Å². The second-order valence-corrected chi connectivity index (χ2v) is 12.5. The van der Waals surface area contributed by atoms with Crippen LogP contribution in [0.2, 0.25) is 0 Å². The first kappa shape index (κ1) is 38.8. The molecule has 7 atom stereocenters. The lowest BCUT2D eigenvalue weighted by atomic mass is 9.86. The summed E-state index contributed by atoms with van der Waals surface area (Å²) in [5.74, 6) is 1.58. The molecule has 264 valence electrons. The summed E-state index contributed by atoms with van der Waals surface area (Å²) in [7, 11) is 9.94. The van der Waals surface area contributed by atoms with E-state index < -0.39 is 6.10 Å². The van der Waals surface area contributed by atoms with Gasteiger partial charge in [-0.05, 0) is 55.5 Å². The molecule has 0 spiro atoms. The van der Waals surface area contributed by atoms with Gasteiger partial charge >= 0.3 is 0 Å². The van der Waals surface area contributed by atoms with Crippen LogP contribution in [0, 0.1) is 17.8 Å². The minimum atomic E-state index is -0.397. The van der Waals surface area contributed by atoms with Gasteiger partial charge in [-0.15, -0.1) is 0 Å². The van der Waals surface area contributed by atoms with E-state index in [-0.39, 0.29) is 42.0 Å². The highest BCUT2D eigenvalue weighted by molar-refractivity contribution is 6.04. The van der Waals surface area contributed by atoms with Crippen LogP contribution in [0.15, 0.2) is 71.8 Å². The predicted molar refractivity (Wildman–Crippen MR) is 190 cm³/mol. The Labute approximate surface area is 287 Å². The van der Waals surface area contributed by atoms with Gasteiger partial charge in [0, 0.05) is 50.4 Å². The number of anilines is 1. The van der Waals surface area contributed by atoms with Gasteiger partial charge in [0.25, 0.3) is 5.91 Å². The summed E-state index contributed by atoms with van der Waals surface area (Å²) in [5.41, 5.74) is 3.91. The fraction of sp³-hybridized carbons (Fsp3) is 0.513. The van der Waals surface area contributed by atoms with Crippen LogP contribution in [0.1, 0.15) is 58.3 Å². The van der Waals surface area contributed by atoms with Crippen LogP contribution in [0.3, 0.4) is 0 Å². The number of amides is 1. The van der Waals surface area contributed by atoms with Crippen LogP contribution < -0.4 is 19.5 Å². The predicted octanol–water partition coefficient (Wildman–Crippen LogP) is 7.71. The lowest BCUT2D eigenvalue weighted by molar-refractivity contribution is -0.112. The topological polar surface area (TPSA) is 93.7 Å². The summed E-state index contributed by atoms with van der Waals surface area (Å²) in [6.07, 6.45) is 7.51. The molecule has 0 saturated heterocycles. The zero-order valence-corrected chi connectivity index (χ0v) is 30.5. The van der Waals surface area contributed by atoms with Crippen LogP contribution in [0.4, 0.5) is 5.69 Å². The molecule has 1 amide bonds. The van der Waals surface area contributed by atoms with Crippen LogP contribution in [0.25, 0.3) is 0 Å². The van der Waals surface area contributed by atoms with Gasteiger partial charge in [0.05, 0.1) is 58.0 Å². The first-order chi connectivity index (χ1) is 23.0. The minimum Gasteiger partial charge on any atom is -0.497 e. The van der Waals surface area contributed by atoms with E-state index in [1.54, 1.807) is 61.7 Å². The lowest BCUT2D eigenvalue weighted by Crippen LogP contribution is -2.37. The number of ether oxygens (including phenoxy) is 7. The van der Waals surface area contributed by atoms with Crippen LogP contribution in [0.5, 0.6) is 17.2 Å². The quantitative estimate of drug-likeness (QED) is 0.272. The van der Waals surface area contributed by atoms with Gasteiger partial charge in [0.15, 0.2) is 0 Å². The maximum absolute atomic E-state index is 13.4. The standard InChI is InChI=1S/C39H55NO8/c1-24-13-12-14-25(2)39(41)40-33-22-31(43-7)21-32(38(33)47-11)36(45-9)28(5)20-34(44-8)37(46-10)27(4)19-26(3)35(24)48-23-29-15-17-30(42-6)18-16-29/h12-19,21-22,24,27-28,34-37H,20,23H2,1-11H3,(H,40,41)/b13-12-,25-14-,26-19-/t24-,27-,28+,34-,35+,36-,37+/m1/s1. The van der Waals surface area contributed by atoms with Crippen molar-refractivity contribution in [2.75, 3.05) is 48.0 Å². The number of allylic oxidation sites excluding steroid dienone is 2. The van der Waals surface area contributed by atoms with E-state index in [1.165, 1.54) is 0 Å². The van der Waals surface area contributed by atoms with E-state index in [0.717, 1.165) is 22.4 Å². The second kappa shape index (κ2) is 18.8. The Morgan fingerprint density at radius 1 is 0.792 bits per heavy atom. The van der Waals surface area contributed by atoms with Crippen molar-refractivity contribution in [1.29, 1.82) is 0 Å². The molecule has 0 saturated carbocycles. The first-order valence-corrected chi connectivity index (χ1v) is 16.4. The highest BCUT2D eigenvalue weighted by Gasteiger charge is 2.33. The molecule has 0 unspecified atom stereocenters. The number of methoxy groups -OCH3 is 6. The molecule has 2 aromatic carbocycles. The Hall–Kier alpha value is -3.63. The Morgan fingerprint density at radius 2 is 1.48 bits per heavy atom. The molecule has 0 radical (unpaired) electrons. The van der Waals surface area contributed by atoms with Gasteiger partial charge in [-0.3, -0.25) is 4.79 Å². The van der Waals surface area contributed by atoms with Crippen molar-refractivity contribution < 1.29 is 38.0 Å². The zero-order valence-electron chi connectivity index (χ0n) is 30.5. The van der Waals surface area contributed by atoms with Gasteiger partial charge < -0.3 is 38.5 Å². The van der Waals surface area contributed by atoms with Crippen LogP contribution in [-0.2, 0) is 30.3 Å². The zero-order chi connectivity index (χ0) is 35.4. The molecule has 3 rings (SSSR count). The summed E-state index contributed by atoms with van der Waals surface area (Å²) < 4.78 is 41.7. The Morgan fingerprint density at radius 3 is 2.06 bits per heavy atom. The molecule has 9 nitrogen and oxygen atoms in total. The number of fused-ring (bicyclic) bond motifs is 2. The van der Waals surface area contributed by atoms with Gasteiger partial charge in [0.1, 0.15) is 17.2 Å².